The Labute approximate surface area is 196 Å². The molecule has 12 heteroatoms. The van der Waals surface area contributed by atoms with E-state index in [1.807, 2.05) is 0 Å². The Hall–Kier alpha value is -4.16. The van der Waals surface area contributed by atoms with Gasteiger partial charge in [-0.25, -0.2) is 9.18 Å². The Morgan fingerprint density at radius 1 is 1.06 bits per heavy atom. The highest BCUT2D eigenvalue weighted by Crippen LogP contribution is 2.54. The summed E-state index contributed by atoms with van der Waals surface area (Å²) in [5.41, 5.74) is -6.00. The fourth-order valence-electron chi connectivity index (χ4n) is 4.51. The van der Waals surface area contributed by atoms with Gasteiger partial charge in [-0.1, -0.05) is 6.07 Å². The number of aliphatic carboxylic acids is 1. The van der Waals surface area contributed by atoms with Crippen LogP contribution in [0.4, 0.5) is 4.39 Å². The highest BCUT2D eigenvalue weighted by Gasteiger charge is 2.60. The van der Waals surface area contributed by atoms with Gasteiger partial charge in [-0.3, -0.25) is 0 Å². The van der Waals surface area contributed by atoms with Crippen LogP contribution in [0.3, 0.4) is 0 Å². The largest absolute Gasteiger partial charge is 0.508 e. The summed E-state index contributed by atoms with van der Waals surface area (Å²) in [4.78, 5) is 12.5. The van der Waals surface area contributed by atoms with Crippen molar-refractivity contribution in [1.29, 1.82) is 0 Å². The molecule has 0 fully saturated rings. The Morgan fingerprint density at radius 2 is 1.69 bits per heavy atom. The summed E-state index contributed by atoms with van der Waals surface area (Å²) in [6, 6.07) is 5.22. The number of fused-ring (bicyclic) bond motifs is 1. The van der Waals surface area contributed by atoms with Gasteiger partial charge in [0.25, 0.3) is 5.79 Å². The van der Waals surface area contributed by atoms with Crippen LogP contribution in [0.15, 0.2) is 53.0 Å². The number of ether oxygens (including phenoxy) is 2. The van der Waals surface area contributed by atoms with Crippen molar-refractivity contribution in [2.45, 2.75) is 17.9 Å². The molecule has 0 spiro atoms. The van der Waals surface area contributed by atoms with Crippen molar-refractivity contribution in [3.8, 4) is 28.7 Å². The maximum Gasteiger partial charge on any atom is 0.335 e. The third-order valence-corrected chi connectivity index (χ3v) is 6.19. The molecule has 11 nitrogen and oxygen atoms in total. The SMILES string of the molecule is COC1(O)C(O)=C(O)C(F)(c2cc(O)c(O)c(O)c2)C(C(=O)O)=C1C1COc2cc(O)ccc2C1. The van der Waals surface area contributed by atoms with Gasteiger partial charge in [0.1, 0.15) is 11.5 Å². The Bertz CT molecular complexity index is 1280. The number of carbonyl (C=O) groups is 1. The molecule has 3 unspecified atom stereocenters. The molecule has 186 valence electrons. The van der Waals surface area contributed by atoms with E-state index < -0.39 is 68.8 Å². The van der Waals surface area contributed by atoms with Gasteiger partial charge in [0.05, 0.1) is 12.2 Å². The zero-order valence-electron chi connectivity index (χ0n) is 18.1. The fraction of sp³-hybridized carbons (Fsp3) is 0.261. The third kappa shape index (κ3) is 3.37. The number of hydrogen-bond acceptors (Lipinski definition) is 10. The number of phenolic OH excluding ortho intramolecular Hbond substituents is 4. The van der Waals surface area contributed by atoms with Gasteiger partial charge in [-0.05, 0) is 30.2 Å². The Morgan fingerprint density at radius 3 is 2.26 bits per heavy atom. The van der Waals surface area contributed by atoms with E-state index in [9.17, 15) is 45.6 Å². The van der Waals surface area contributed by atoms with E-state index in [-0.39, 0.29) is 24.5 Å². The summed E-state index contributed by atoms with van der Waals surface area (Å²) in [6.45, 7) is -0.343. The highest BCUT2D eigenvalue weighted by molar-refractivity contribution is 5.93. The molecule has 3 atom stereocenters. The maximum atomic E-state index is 16.7. The molecule has 35 heavy (non-hydrogen) atoms. The number of aliphatic hydroxyl groups excluding tert-OH is 2. The minimum Gasteiger partial charge on any atom is -0.508 e. The van der Waals surface area contributed by atoms with Crippen LogP contribution in [0.1, 0.15) is 11.1 Å². The summed E-state index contributed by atoms with van der Waals surface area (Å²) in [6.07, 6.45) is -0.0520. The van der Waals surface area contributed by atoms with E-state index in [2.05, 4.69) is 0 Å². The van der Waals surface area contributed by atoms with Crippen molar-refractivity contribution >= 4 is 5.97 Å². The van der Waals surface area contributed by atoms with Crippen molar-refractivity contribution in [1.82, 2.24) is 0 Å². The first-order valence-electron chi connectivity index (χ1n) is 10.1. The number of methoxy groups -OCH3 is 1. The Kier molecular flexibility index (Phi) is 5.45. The summed E-state index contributed by atoms with van der Waals surface area (Å²) in [7, 11) is 0.891. The Balaban J connectivity index is 2.01. The average Bonchev–Trinajstić information content (AvgIpc) is 2.82. The number of carboxylic acid groups (broad SMARTS) is 1. The smallest absolute Gasteiger partial charge is 0.335 e. The molecule has 1 aliphatic carbocycles. The minimum absolute atomic E-state index is 0.0520. The molecule has 4 rings (SSSR count). The molecule has 0 saturated heterocycles. The third-order valence-electron chi connectivity index (χ3n) is 6.19. The molecule has 0 amide bonds. The lowest BCUT2D eigenvalue weighted by atomic mass is 9.70. The molecule has 2 aromatic carbocycles. The predicted octanol–water partition coefficient (Wildman–Crippen LogP) is 1.98. The van der Waals surface area contributed by atoms with Gasteiger partial charge in [-0.2, -0.15) is 0 Å². The number of benzene rings is 2. The van der Waals surface area contributed by atoms with E-state index in [0.717, 1.165) is 7.11 Å². The fourth-order valence-corrected chi connectivity index (χ4v) is 4.51. The molecule has 0 saturated carbocycles. The van der Waals surface area contributed by atoms with Crippen LogP contribution in [-0.2, 0) is 21.6 Å². The number of phenols is 4. The van der Waals surface area contributed by atoms with E-state index >= 15 is 4.39 Å². The first-order valence-corrected chi connectivity index (χ1v) is 10.1. The summed E-state index contributed by atoms with van der Waals surface area (Å²) < 4.78 is 27.3. The van der Waals surface area contributed by atoms with Crippen molar-refractivity contribution in [2.24, 2.45) is 5.92 Å². The summed E-state index contributed by atoms with van der Waals surface area (Å²) >= 11 is 0. The predicted molar refractivity (Wildman–Crippen MR) is 114 cm³/mol. The van der Waals surface area contributed by atoms with Gasteiger partial charge in [0.15, 0.2) is 28.8 Å². The number of rotatable bonds is 4. The maximum absolute atomic E-state index is 16.7. The van der Waals surface area contributed by atoms with Crippen molar-refractivity contribution < 1.29 is 59.5 Å². The number of carboxylic acids is 1. The van der Waals surface area contributed by atoms with E-state index in [4.69, 9.17) is 9.47 Å². The number of halogens is 1. The van der Waals surface area contributed by atoms with Gasteiger partial charge in [0.2, 0.25) is 5.67 Å². The van der Waals surface area contributed by atoms with Gasteiger partial charge in [0, 0.05) is 30.2 Å². The van der Waals surface area contributed by atoms with Crippen LogP contribution < -0.4 is 4.74 Å². The molecule has 2 aliphatic rings. The van der Waals surface area contributed by atoms with Gasteiger partial charge < -0.3 is 50.3 Å². The zero-order chi connectivity index (χ0) is 25.9. The lowest BCUT2D eigenvalue weighted by Gasteiger charge is -2.43. The molecular formula is C23H21FO11. The highest BCUT2D eigenvalue weighted by atomic mass is 19.1. The number of aromatic hydroxyl groups is 4. The minimum atomic E-state index is -3.62. The van der Waals surface area contributed by atoms with Crippen molar-refractivity contribution in [3.05, 3.63) is 64.1 Å². The number of hydrogen-bond donors (Lipinski definition) is 8. The summed E-state index contributed by atoms with van der Waals surface area (Å²) in [5, 5.41) is 81.6. The topological polar surface area (TPSA) is 197 Å². The van der Waals surface area contributed by atoms with Crippen LogP contribution in [0, 0.1) is 5.92 Å². The second-order valence-electron chi connectivity index (χ2n) is 8.16. The molecule has 0 aromatic heterocycles. The first kappa shape index (κ1) is 24.0. The van der Waals surface area contributed by atoms with E-state index in [1.54, 1.807) is 0 Å². The molecule has 8 N–H and O–H groups in total. The van der Waals surface area contributed by atoms with Crippen LogP contribution in [0.2, 0.25) is 0 Å². The zero-order valence-corrected chi connectivity index (χ0v) is 18.1. The molecule has 0 bridgehead atoms. The summed E-state index contributed by atoms with van der Waals surface area (Å²) in [5.74, 6) is -12.2. The second kappa shape index (κ2) is 7.96. The van der Waals surface area contributed by atoms with Crippen LogP contribution in [0.5, 0.6) is 28.7 Å². The number of allylic oxidation sites excluding steroid dienone is 1. The molecule has 1 aliphatic heterocycles. The van der Waals surface area contributed by atoms with Crippen molar-refractivity contribution in [3.63, 3.8) is 0 Å². The molecule has 2 aromatic rings. The van der Waals surface area contributed by atoms with E-state index in [0.29, 0.717) is 17.7 Å². The monoisotopic (exact) mass is 492 g/mol. The first-order chi connectivity index (χ1) is 16.4. The second-order valence-corrected chi connectivity index (χ2v) is 8.16. The molecular weight excluding hydrogens is 471 g/mol. The standard InChI is InChI=1S/C23H21FO11/c1-34-23(33)16(10-4-9-2-3-12(25)7-15(9)35-8-10)17(21(31)32)22(24,19(29)20(23)30)11-5-13(26)18(28)14(27)6-11/h2-3,5-7,10,25-30,33H,4,8H2,1H3,(H,31,32). The lowest BCUT2D eigenvalue weighted by molar-refractivity contribution is -0.167. The van der Waals surface area contributed by atoms with Crippen LogP contribution >= 0.6 is 0 Å². The van der Waals surface area contributed by atoms with Gasteiger partial charge in [-0.15, -0.1) is 0 Å². The average molecular weight is 492 g/mol. The van der Waals surface area contributed by atoms with Crippen LogP contribution in [-0.4, -0.2) is 66.3 Å². The molecule has 1 heterocycles. The quantitative estimate of drug-likeness (QED) is 0.229. The number of aliphatic hydroxyl groups is 3. The lowest BCUT2D eigenvalue weighted by Crippen LogP contribution is -2.51. The molecule has 0 radical (unpaired) electrons. The van der Waals surface area contributed by atoms with E-state index in [1.165, 1.54) is 18.2 Å². The van der Waals surface area contributed by atoms with Gasteiger partial charge >= 0.3 is 5.97 Å². The normalized spacial score (nSPS) is 26.3. The van der Waals surface area contributed by atoms with Crippen LogP contribution in [0.25, 0.3) is 0 Å². The van der Waals surface area contributed by atoms with Crippen molar-refractivity contribution in [2.75, 3.05) is 13.7 Å². The number of alkyl halides is 1.